The second-order valence-electron chi connectivity index (χ2n) is 7.11. The van der Waals surface area contributed by atoms with Crippen LogP contribution < -0.4 is 10.1 Å². The van der Waals surface area contributed by atoms with Crippen molar-refractivity contribution in [3.63, 3.8) is 0 Å². The monoisotopic (exact) mass is 399 g/mol. The van der Waals surface area contributed by atoms with Gasteiger partial charge in [-0.1, -0.05) is 36.8 Å². The number of aliphatic carboxylic acids is 1. The van der Waals surface area contributed by atoms with Gasteiger partial charge >= 0.3 is 5.97 Å². The molecule has 28 heavy (non-hydrogen) atoms. The molecule has 2 aromatic rings. The quantitative estimate of drug-likeness (QED) is 0.653. The first-order valence-corrected chi connectivity index (χ1v) is 10.2. The molecule has 148 valence electrons. The van der Waals surface area contributed by atoms with Crippen molar-refractivity contribution >= 4 is 23.6 Å². The second-order valence-corrected chi connectivity index (χ2v) is 8.49. The lowest BCUT2D eigenvalue weighted by Crippen LogP contribution is -2.45. The third kappa shape index (κ3) is 4.17. The van der Waals surface area contributed by atoms with Gasteiger partial charge in [-0.25, -0.2) is 0 Å². The highest BCUT2D eigenvalue weighted by molar-refractivity contribution is 8.00. The van der Waals surface area contributed by atoms with Gasteiger partial charge in [0, 0.05) is 22.4 Å². The van der Waals surface area contributed by atoms with E-state index in [0.717, 1.165) is 30.6 Å². The Bertz CT molecular complexity index is 863. The van der Waals surface area contributed by atoms with E-state index in [1.54, 1.807) is 32.2 Å². The van der Waals surface area contributed by atoms with Gasteiger partial charge in [-0.2, -0.15) is 0 Å². The molecule has 6 heteroatoms. The molecule has 1 atom stereocenters. The van der Waals surface area contributed by atoms with E-state index in [4.69, 9.17) is 9.84 Å². The summed E-state index contributed by atoms with van der Waals surface area (Å²) in [7, 11) is 1.67. The summed E-state index contributed by atoms with van der Waals surface area (Å²) in [5, 5.41) is 11.6. The molecule has 0 saturated heterocycles. The van der Waals surface area contributed by atoms with Gasteiger partial charge in [0.25, 0.3) is 5.91 Å². The van der Waals surface area contributed by atoms with Crippen molar-refractivity contribution in [2.45, 2.75) is 41.7 Å². The summed E-state index contributed by atoms with van der Waals surface area (Å²) in [6.07, 6.45) is 3.12. The van der Waals surface area contributed by atoms with Crippen LogP contribution in [0, 0.1) is 0 Å². The van der Waals surface area contributed by atoms with Crippen LogP contribution in [-0.4, -0.2) is 35.9 Å². The molecule has 0 aliphatic heterocycles. The van der Waals surface area contributed by atoms with Crippen LogP contribution >= 0.6 is 11.8 Å². The third-order valence-corrected chi connectivity index (χ3v) is 6.52. The van der Waals surface area contributed by atoms with E-state index >= 15 is 0 Å². The molecule has 0 heterocycles. The summed E-state index contributed by atoms with van der Waals surface area (Å²) < 4.78 is 5.53. The molecular formula is C22H25NO4S. The number of nitrogens with one attached hydrogen (secondary N) is 1. The number of rotatable bonds is 8. The Balaban J connectivity index is 1.76. The van der Waals surface area contributed by atoms with Gasteiger partial charge in [-0.3, -0.25) is 9.59 Å². The van der Waals surface area contributed by atoms with Gasteiger partial charge < -0.3 is 15.2 Å². The number of carbonyl (C=O) groups is 2. The fourth-order valence-electron chi connectivity index (χ4n) is 3.57. The van der Waals surface area contributed by atoms with Gasteiger partial charge in [-0.05, 0) is 38.0 Å². The molecule has 1 amide bonds. The number of carboxylic acid groups (broad SMARTS) is 1. The van der Waals surface area contributed by atoms with Crippen LogP contribution in [0.25, 0.3) is 0 Å². The summed E-state index contributed by atoms with van der Waals surface area (Å²) in [5.41, 5.74) is 1.53. The molecule has 3 rings (SSSR count). The molecule has 0 bridgehead atoms. The number of amides is 1. The molecule has 1 saturated carbocycles. The highest BCUT2D eigenvalue weighted by atomic mass is 32.2. The number of thioether (sulfide) groups is 1. The number of ether oxygens (including phenoxy) is 1. The Labute approximate surface area is 169 Å². The molecule has 2 N–H and O–H groups in total. The van der Waals surface area contributed by atoms with E-state index in [1.165, 1.54) is 11.8 Å². The first-order chi connectivity index (χ1) is 13.5. The maximum Gasteiger partial charge on any atom is 0.316 e. The zero-order valence-corrected chi connectivity index (χ0v) is 16.9. The average molecular weight is 400 g/mol. The minimum Gasteiger partial charge on any atom is -0.496 e. The first-order valence-electron chi connectivity index (χ1n) is 9.37. The van der Waals surface area contributed by atoms with Crippen molar-refractivity contribution in [3.8, 4) is 5.75 Å². The number of carboxylic acids is 1. The summed E-state index contributed by atoms with van der Waals surface area (Å²) in [6.45, 7) is 2.15. The number of para-hydroxylation sites is 1. The summed E-state index contributed by atoms with van der Waals surface area (Å²) in [6, 6.07) is 15.1. The Kier molecular flexibility index (Phi) is 6.29. The maximum absolute atomic E-state index is 12.9. The SMILES string of the molecule is COc1ccccc1C1(CNC(=O)c2ccccc2SC(C)C(=O)O)CCC1. The standard InChI is InChI=1S/C22H25NO4S/c1-15(21(25)26)28-19-11-6-3-8-16(19)20(24)23-14-22(12-7-13-22)17-9-4-5-10-18(17)27-2/h3-6,8-11,15H,7,12-14H2,1-2H3,(H,23,24)(H,25,26). The first kappa shape index (κ1) is 20.3. The minimum absolute atomic E-state index is 0.112. The largest absolute Gasteiger partial charge is 0.496 e. The predicted octanol–water partition coefficient (Wildman–Crippen LogP) is 4.11. The lowest BCUT2D eigenvalue weighted by atomic mass is 9.64. The lowest BCUT2D eigenvalue weighted by Gasteiger charge is -2.43. The Morgan fingerprint density at radius 2 is 1.86 bits per heavy atom. The van der Waals surface area contributed by atoms with Crippen molar-refractivity contribution in [1.82, 2.24) is 5.32 Å². The normalized spacial score (nSPS) is 15.9. The van der Waals surface area contributed by atoms with E-state index in [9.17, 15) is 9.59 Å². The van der Waals surface area contributed by atoms with Crippen molar-refractivity contribution in [1.29, 1.82) is 0 Å². The number of hydrogen-bond donors (Lipinski definition) is 2. The van der Waals surface area contributed by atoms with Gasteiger partial charge in [0.15, 0.2) is 0 Å². The minimum atomic E-state index is -0.898. The van der Waals surface area contributed by atoms with Crippen molar-refractivity contribution < 1.29 is 19.4 Å². The molecule has 1 unspecified atom stereocenters. The lowest BCUT2D eigenvalue weighted by molar-refractivity contribution is -0.136. The zero-order valence-electron chi connectivity index (χ0n) is 16.1. The summed E-state index contributed by atoms with van der Waals surface area (Å²) in [4.78, 5) is 24.7. The van der Waals surface area contributed by atoms with E-state index in [0.29, 0.717) is 17.0 Å². The van der Waals surface area contributed by atoms with Crippen LogP contribution in [0.1, 0.15) is 42.1 Å². The molecule has 0 radical (unpaired) electrons. The third-order valence-electron chi connectivity index (χ3n) is 5.36. The molecule has 0 aromatic heterocycles. The van der Waals surface area contributed by atoms with Crippen LogP contribution in [0.2, 0.25) is 0 Å². The molecule has 0 spiro atoms. The van der Waals surface area contributed by atoms with Crippen LogP contribution in [-0.2, 0) is 10.2 Å². The molecule has 1 aliphatic carbocycles. The van der Waals surface area contributed by atoms with Crippen molar-refractivity contribution in [3.05, 3.63) is 59.7 Å². The number of benzene rings is 2. The van der Waals surface area contributed by atoms with Gasteiger partial charge in [-0.15, -0.1) is 11.8 Å². The fraction of sp³-hybridized carbons (Fsp3) is 0.364. The van der Waals surface area contributed by atoms with E-state index in [1.807, 2.05) is 24.3 Å². The highest BCUT2D eigenvalue weighted by Gasteiger charge is 2.41. The van der Waals surface area contributed by atoms with E-state index < -0.39 is 11.2 Å². The van der Waals surface area contributed by atoms with Gasteiger partial charge in [0.05, 0.1) is 12.7 Å². The maximum atomic E-state index is 12.9. The van der Waals surface area contributed by atoms with Crippen molar-refractivity contribution in [2.24, 2.45) is 0 Å². The molecule has 2 aromatic carbocycles. The summed E-state index contributed by atoms with van der Waals surface area (Å²) in [5.74, 6) is -0.227. The van der Waals surface area contributed by atoms with Crippen molar-refractivity contribution in [2.75, 3.05) is 13.7 Å². The van der Waals surface area contributed by atoms with Gasteiger partial charge in [0.2, 0.25) is 0 Å². The average Bonchev–Trinajstić information content (AvgIpc) is 2.67. The smallest absolute Gasteiger partial charge is 0.316 e. The highest BCUT2D eigenvalue weighted by Crippen LogP contribution is 2.46. The Hall–Kier alpha value is -2.47. The summed E-state index contributed by atoms with van der Waals surface area (Å²) >= 11 is 1.18. The second kappa shape index (κ2) is 8.69. The molecule has 1 aliphatic rings. The topological polar surface area (TPSA) is 75.6 Å². The van der Waals surface area contributed by atoms with Gasteiger partial charge in [0.1, 0.15) is 11.0 Å². The predicted molar refractivity (Wildman–Crippen MR) is 110 cm³/mol. The molecule has 5 nitrogen and oxygen atoms in total. The number of methoxy groups -OCH3 is 1. The Morgan fingerprint density at radius 1 is 1.18 bits per heavy atom. The zero-order chi connectivity index (χ0) is 20.1. The molecule has 1 fully saturated rings. The molecular weight excluding hydrogens is 374 g/mol. The van der Waals surface area contributed by atoms with Crippen LogP contribution in [0.4, 0.5) is 0 Å². The number of carbonyl (C=O) groups excluding carboxylic acids is 1. The number of hydrogen-bond acceptors (Lipinski definition) is 4. The fourth-order valence-corrected chi connectivity index (χ4v) is 4.50. The van der Waals surface area contributed by atoms with Crippen LogP contribution in [0.15, 0.2) is 53.4 Å². The Morgan fingerprint density at radius 3 is 2.50 bits per heavy atom. The van der Waals surface area contributed by atoms with E-state index in [2.05, 4.69) is 11.4 Å². The van der Waals surface area contributed by atoms with E-state index in [-0.39, 0.29) is 11.3 Å². The van der Waals surface area contributed by atoms with Crippen LogP contribution in [0.5, 0.6) is 5.75 Å². The van der Waals surface area contributed by atoms with Crippen LogP contribution in [0.3, 0.4) is 0 Å².